The van der Waals surface area contributed by atoms with Crippen LogP contribution in [0.25, 0.3) is 22.4 Å². The van der Waals surface area contributed by atoms with Crippen molar-refractivity contribution in [2.24, 2.45) is 0 Å². The molecule has 25 heavy (non-hydrogen) atoms. The molecule has 3 aromatic rings. The van der Waals surface area contributed by atoms with Crippen LogP contribution in [-0.4, -0.2) is 53.1 Å². The fourth-order valence-electron chi connectivity index (χ4n) is 3.47. The van der Waals surface area contributed by atoms with Crippen molar-refractivity contribution in [3.8, 4) is 11.4 Å². The zero-order valence-corrected chi connectivity index (χ0v) is 14.8. The van der Waals surface area contributed by atoms with Gasteiger partial charge in [-0.15, -0.1) is 0 Å². The standard InChI is InChI=1S/C20H25N5/c1-24(13-14-25-11-3-2-4-12-25)17-7-5-16(6-8-17)20-22-18-9-10-21-15-19(18)23-20/h5-10,15H,2-4,11-14H2,1H3,(H,22,23). The van der Waals surface area contributed by atoms with Crippen LogP contribution >= 0.6 is 0 Å². The lowest BCUT2D eigenvalue weighted by molar-refractivity contribution is 0.234. The van der Waals surface area contributed by atoms with Crippen LogP contribution in [0.1, 0.15) is 19.3 Å². The first kappa shape index (κ1) is 16.1. The molecule has 0 atom stereocenters. The Morgan fingerprint density at radius 1 is 1.08 bits per heavy atom. The number of aromatic nitrogens is 3. The third-order valence-corrected chi connectivity index (χ3v) is 5.07. The number of hydrogen-bond acceptors (Lipinski definition) is 4. The maximum absolute atomic E-state index is 4.64. The molecule has 0 radical (unpaired) electrons. The van der Waals surface area contributed by atoms with Gasteiger partial charge in [-0.05, 0) is 56.3 Å². The van der Waals surface area contributed by atoms with Crippen LogP contribution in [-0.2, 0) is 0 Å². The second-order valence-corrected chi connectivity index (χ2v) is 6.85. The van der Waals surface area contributed by atoms with Crippen molar-refractivity contribution < 1.29 is 0 Å². The summed E-state index contributed by atoms with van der Waals surface area (Å²) in [5.74, 6) is 0.894. The van der Waals surface area contributed by atoms with E-state index in [0.717, 1.165) is 35.5 Å². The predicted octanol–water partition coefficient (Wildman–Crippen LogP) is 3.55. The lowest BCUT2D eigenvalue weighted by atomic mass is 10.1. The van der Waals surface area contributed by atoms with Gasteiger partial charge < -0.3 is 14.8 Å². The molecule has 0 bridgehead atoms. The van der Waals surface area contributed by atoms with Gasteiger partial charge in [-0.3, -0.25) is 4.98 Å². The number of likely N-dealkylation sites (N-methyl/N-ethyl adjacent to an activating group) is 1. The highest BCUT2D eigenvalue weighted by Crippen LogP contribution is 2.23. The Kier molecular flexibility index (Phi) is 4.65. The van der Waals surface area contributed by atoms with E-state index in [4.69, 9.17) is 0 Å². The van der Waals surface area contributed by atoms with Crippen molar-refractivity contribution in [1.82, 2.24) is 19.9 Å². The van der Waals surface area contributed by atoms with Crippen LogP contribution in [0.4, 0.5) is 5.69 Å². The molecule has 5 nitrogen and oxygen atoms in total. The van der Waals surface area contributed by atoms with E-state index in [9.17, 15) is 0 Å². The van der Waals surface area contributed by atoms with Gasteiger partial charge >= 0.3 is 0 Å². The van der Waals surface area contributed by atoms with E-state index in [0.29, 0.717) is 0 Å². The number of imidazole rings is 1. The Labute approximate surface area is 148 Å². The van der Waals surface area contributed by atoms with Crippen molar-refractivity contribution in [2.45, 2.75) is 19.3 Å². The summed E-state index contributed by atoms with van der Waals surface area (Å²) in [7, 11) is 2.17. The highest BCUT2D eigenvalue weighted by Gasteiger charge is 2.11. The van der Waals surface area contributed by atoms with Crippen LogP contribution in [0.3, 0.4) is 0 Å². The minimum Gasteiger partial charge on any atom is -0.373 e. The molecule has 0 unspecified atom stereocenters. The van der Waals surface area contributed by atoms with E-state index in [1.54, 1.807) is 6.20 Å². The van der Waals surface area contributed by atoms with Crippen molar-refractivity contribution in [2.75, 3.05) is 38.1 Å². The summed E-state index contributed by atoms with van der Waals surface area (Å²) in [4.78, 5) is 17.0. The van der Waals surface area contributed by atoms with E-state index in [1.807, 2.05) is 12.3 Å². The van der Waals surface area contributed by atoms with Gasteiger partial charge in [-0.2, -0.15) is 0 Å². The van der Waals surface area contributed by atoms with E-state index >= 15 is 0 Å². The summed E-state index contributed by atoms with van der Waals surface area (Å²) in [6.07, 6.45) is 7.68. The summed E-state index contributed by atoms with van der Waals surface area (Å²) in [5, 5.41) is 0. The van der Waals surface area contributed by atoms with Gasteiger partial charge in [0.25, 0.3) is 0 Å². The van der Waals surface area contributed by atoms with Crippen LogP contribution < -0.4 is 4.90 Å². The number of benzene rings is 1. The number of fused-ring (bicyclic) bond motifs is 1. The molecule has 4 rings (SSSR count). The number of likely N-dealkylation sites (tertiary alicyclic amines) is 1. The predicted molar refractivity (Wildman–Crippen MR) is 103 cm³/mol. The molecule has 5 heteroatoms. The molecular weight excluding hydrogens is 310 g/mol. The van der Waals surface area contributed by atoms with E-state index in [2.05, 4.69) is 56.1 Å². The molecule has 1 saturated heterocycles. The van der Waals surface area contributed by atoms with Crippen molar-refractivity contribution in [3.63, 3.8) is 0 Å². The van der Waals surface area contributed by atoms with E-state index in [1.165, 1.54) is 38.0 Å². The monoisotopic (exact) mass is 335 g/mol. The zero-order chi connectivity index (χ0) is 17.1. The summed E-state index contributed by atoms with van der Waals surface area (Å²) in [5.41, 5.74) is 4.27. The number of rotatable bonds is 5. The van der Waals surface area contributed by atoms with Gasteiger partial charge in [-0.25, -0.2) is 4.98 Å². The zero-order valence-electron chi connectivity index (χ0n) is 14.8. The second kappa shape index (κ2) is 7.23. The Morgan fingerprint density at radius 2 is 1.88 bits per heavy atom. The highest BCUT2D eigenvalue weighted by molar-refractivity contribution is 5.78. The van der Waals surface area contributed by atoms with Gasteiger partial charge in [0, 0.05) is 37.6 Å². The van der Waals surface area contributed by atoms with Gasteiger partial charge in [0.1, 0.15) is 5.82 Å². The lowest BCUT2D eigenvalue weighted by Crippen LogP contribution is -2.36. The van der Waals surface area contributed by atoms with Crippen LogP contribution in [0.15, 0.2) is 42.7 Å². The second-order valence-electron chi connectivity index (χ2n) is 6.85. The van der Waals surface area contributed by atoms with Gasteiger partial charge in [-0.1, -0.05) is 6.42 Å². The fourth-order valence-corrected chi connectivity index (χ4v) is 3.47. The van der Waals surface area contributed by atoms with Gasteiger partial charge in [0.2, 0.25) is 0 Å². The van der Waals surface area contributed by atoms with Crippen molar-refractivity contribution in [3.05, 3.63) is 42.7 Å². The average molecular weight is 335 g/mol. The van der Waals surface area contributed by atoms with Crippen LogP contribution in [0.5, 0.6) is 0 Å². The maximum Gasteiger partial charge on any atom is 0.138 e. The summed E-state index contributed by atoms with van der Waals surface area (Å²) in [6.45, 7) is 4.73. The van der Waals surface area contributed by atoms with E-state index < -0.39 is 0 Å². The number of nitrogens with one attached hydrogen (secondary N) is 1. The normalized spacial score (nSPS) is 15.6. The largest absolute Gasteiger partial charge is 0.373 e. The van der Waals surface area contributed by atoms with Crippen molar-refractivity contribution >= 4 is 16.7 Å². The molecule has 1 aromatic carbocycles. The third-order valence-electron chi connectivity index (χ3n) is 5.07. The quantitative estimate of drug-likeness (QED) is 0.775. The third kappa shape index (κ3) is 3.66. The fraction of sp³-hybridized carbons (Fsp3) is 0.400. The number of hydrogen-bond donors (Lipinski definition) is 1. The summed E-state index contributed by atoms with van der Waals surface area (Å²) >= 11 is 0. The van der Waals surface area contributed by atoms with Crippen LogP contribution in [0, 0.1) is 0 Å². The number of pyridine rings is 1. The number of aromatic amines is 1. The minimum atomic E-state index is 0.894. The average Bonchev–Trinajstić information content (AvgIpc) is 3.11. The number of nitrogens with zero attached hydrogens (tertiary/aromatic N) is 4. The summed E-state index contributed by atoms with van der Waals surface area (Å²) < 4.78 is 0. The molecule has 0 aliphatic carbocycles. The number of H-pyrrole nitrogens is 1. The molecule has 1 fully saturated rings. The first-order valence-corrected chi connectivity index (χ1v) is 9.13. The van der Waals surface area contributed by atoms with Crippen molar-refractivity contribution in [1.29, 1.82) is 0 Å². The SMILES string of the molecule is CN(CCN1CCCCC1)c1ccc(-c2nc3ccncc3[nH]2)cc1. The smallest absolute Gasteiger partial charge is 0.138 e. The Bertz CT molecular complexity index is 784. The first-order chi connectivity index (χ1) is 12.3. The molecule has 1 aliphatic rings. The number of anilines is 1. The molecule has 0 amide bonds. The molecule has 0 saturated carbocycles. The van der Waals surface area contributed by atoms with Gasteiger partial charge in [0.15, 0.2) is 0 Å². The Hall–Kier alpha value is -2.40. The molecule has 130 valence electrons. The Morgan fingerprint density at radius 3 is 2.64 bits per heavy atom. The van der Waals surface area contributed by atoms with Gasteiger partial charge in [0.05, 0.1) is 17.2 Å². The topological polar surface area (TPSA) is 48.1 Å². The molecule has 3 heterocycles. The highest BCUT2D eigenvalue weighted by atomic mass is 15.2. The summed E-state index contributed by atoms with van der Waals surface area (Å²) in [6, 6.07) is 10.6. The minimum absolute atomic E-state index is 0.894. The van der Waals surface area contributed by atoms with E-state index in [-0.39, 0.29) is 0 Å². The Balaban J connectivity index is 1.42. The lowest BCUT2D eigenvalue weighted by Gasteiger charge is -2.29. The molecule has 0 spiro atoms. The number of piperidine rings is 1. The molecule has 1 aliphatic heterocycles. The van der Waals surface area contributed by atoms with Crippen LogP contribution in [0.2, 0.25) is 0 Å². The maximum atomic E-state index is 4.64. The molecule has 1 N–H and O–H groups in total. The molecular formula is C20H25N5. The first-order valence-electron chi connectivity index (χ1n) is 9.13. The molecule has 2 aromatic heterocycles.